The van der Waals surface area contributed by atoms with Crippen LogP contribution in [0.2, 0.25) is 0 Å². The van der Waals surface area contributed by atoms with Crippen LogP contribution in [0.3, 0.4) is 0 Å². The van der Waals surface area contributed by atoms with Crippen molar-refractivity contribution in [1.29, 1.82) is 0 Å². The molecule has 0 saturated carbocycles. The molecule has 0 aromatic heterocycles. The maximum atomic E-state index is 8.12. The fraction of sp³-hybridized carbons (Fsp3) is 0.600. The lowest BCUT2D eigenvalue weighted by atomic mass is 9.74. The monoisotopic (exact) mass is 264 g/mol. The lowest BCUT2D eigenvalue weighted by Crippen LogP contribution is -2.19. The van der Waals surface area contributed by atoms with E-state index < -0.39 is 0 Å². The topological polar surface area (TPSA) is 68.3 Å². The molecule has 0 aromatic rings. The van der Waals surface area contributed by atoms with Crippen LogP contribution in [0.15, 0.2) is 0 Å². The van der Waals surface area contributed by atoms with E-state index in [1.165, 1.54) is 12.8 Å². The lowest BCUT2D eigenvalue weighted by Gasteiger charge is -2.29. The molecule has 0 atom stereocenters. The van der Waals surface area contributed by atoms with E-state index >= 15 is 0 Å². The van der Waals surface area contributed by atoms with Crippen molar-refractivity contribution < 1.29 is 19.2 Å². The van der Waals surface area contributed by atoms with Crippen molar-refractivity contribution in [3.05, 3.63) is 0 Å². The molecular weight excluding hydrogens is 244 g/mol. The predicted octanol–water partition coefficient (Wildman–Crippen LogP) is 2.45. The van der Waals surface area contributed by atoms with Crippen LogP contribution >= 0.6 is 0 Å². The van der Waals surface area contributed by atoms with Crippen LogP contribution in [-0.4, -0.2) is 12.3 Å². The van der Waals surface area contributed by atoms with E-state index in [0.29, 0.717) is 0 Å². The molecular formula is C15H20O4. The van der Waals surface area contributed by atoms with Gasteiger partial charge < -0.3 is 0 Å². The highest BCUT2D eigenvalue weighted by molar-refractivity contribution is 5.20. The van der Waals surface area contributed by atoms with Crippen LogP contribution in [0.4, 0.5) is 0 Å². The third-order valence-electron chi connectivity index (χ3n) is 2.51. The normalized spacial score (nSPS) is 8.00. The van der Waals surface area contributed by atoms with Gasteiger partial charge >= 0.3 is 12.3 Å². The Hall–Kier alpha value is -2.12. The Morgan fingerprint density at radius 1 is 0.789 bits per heavy atom. The zero-order chi connectivity index (χ0) is 15.6. The second-order valence-corrected chi connectivity index (χ2v) is 3.93. The van der Waals surface area contributed by atoms with Crippen LogP contribution < -0.4 is 0 Å². The van der Waals surface area contributed by atoms with Gasteiger partial charge in [0, 0.05) is 12.8 Å². The molecule has 0 saturated heterocycles. The Morgan fingerprint density at radius 3 is 1.21 bits per heavy atom. The smallest absolute Gasteiger partial charge is 0.186 e. The maximum absolute atomic E-state index is 8.12. The molecule has 4 heteroatoms. The molecule has 0 aromatic carbocycles. The van der Waals surface area contributed by atoms with Gasteiger partial charge in [0.05, 0.1) is 0 Å². The molecule has 0 N–H and O–H groups in total. The van der Waals surface area contributed by atoms with Gasteiger partial charge in [-0.2, -0.15) is 19.2 Å². The van der Waals surface area contributed by atoms with Gasteiger partial charge in [0.15, 0.2) is 0 Å². The van der Waals surface area contributed by atoms with Crippen molar-refractivity contribution in [2.45, 2.75) is 52.4 Å². The summed E-state index contributed by atoms with van der Waals surface area (Å²) in [5.41, 5.74) is 0.229. The zero-order valence-corrected chi connectivity index (χ0v) is 11.5. The van der Waals surface area contributed by atoms with E-state index in [-0.39, 0.29) is 17.7 Å². The second kappa shape index (κ2) is 18.3. The highest BCUT2D eigenvalue weighted by atomic mass is 16.2. The average Bonchev–Trinajstić information content (AvgIpc) is 2.32. The molecule has 19 heavy (non-hydrogen) atoms. The third kappa shape index (κ3) is 15.9. The summed E-state index contributed by atoms with van der Waals surface area (Å²) in [4.78, 5) is 32.5. The Kier molecular flexibility index (Phi) is 21.2. The fourth-order valence-corrected chi connectivity index (χ4v) is 2.03. The van der Waals surface area contributed by atoms with Crippen LogP contribution in [0.1, 0.15) is 52.4 Å². The minimum atomic E-state index is 0.229. The van der Waals surface area contributed by atoms with Gasteiger partial charge in [-0.1, -0.05) is 26.7 Å². The van der Waals surface area contributed by atoms with Crippen LogP contribution in [0.25, 0.3) is 0 Å². The van der Waals surface area contributed by atoms with Crippen LogP contribution in [0.5, 0.6) is 0 Å². The number of rotatable bonds is 6. The summed E-state index contributed by atoms with van der Waals surface area (Å²) in [6, 6.07) is 0. The minimum absolute atomic E-state index is 0.229. The molecule has 0 aliphatic carbocycles. The molecule has 0 rings (SSSR count). The second-order valence-electron chi connectivity index (χ2n) is 3.93. The maximum Gasteiger partial charge on any atom is 0.373 e. The van der Waals surface area contributed by atoms with Gasteiger partial charge in [-0.05, 0) is 18.3 Å². The molecule has 0 fully saturated rings. The molecule has 0 unspecified atom stereocenters. The summed E-state index contributed by atoms with van der Waals surface area (Å²) < 4.78 is 0. The molecule has 0 heterocycles. The van der Waals surface area contributed by atoms with E-state index in [1.807, 2.05) is 0 Å². The predicted molar refractivity (Wildman–Crippen MR) is 69.2 cm³/mol. The first-order valence-electron chi connectivity index (χ1n) is 5.93. The summed E-state index contributed by atoms with van der Waals surface area (Å²) in [7, 11) is 0. The van der Waals surface area contributed by atoms with Gasteiger partial charge in [-0.15, -0.1) is 24.7 Å². The summed E-state index contributed by atoms with van der Waals surface area (Å²) in [6.45, 7) is 4.38. The van der Waals surface area contributed by atoms with Crippen molar-refractivity contribution in [2.75, 3.05) is 0 Å². The number of hydrogen-bond acceptors (Lipinski definition) is 4. The molecule has 0 aliphatic heterocycles. The summed E-state index contributed by atoms with van der Waals surface area (Å²) in [6.07, 6.45) is 17.6. The molecule has 0 amide bonds. The largest absolute Gasteiger partial charge is 0.373 e. The molecule has 0 spiro atoms. The van der Waals surface area contributed by atoms with Crippen molar-refractivity contribution >= 4 is 12.3 Å². The Labute approximate surface area is 115 Å². The third-order valence-corrected chi connectivity index (χ3v) is 2.51. The van der Waals surface area contributed by atoms with E-state index in [1.54, 1.807) is 0 Å². The molecule has 0 aliphatic rings. The van der Waals surface area contributed by atoms with Crippen LogP contribution in [-0.2, 0) is 19.2 Å². The number of hydrogen-bond donors (Lipinski definition) is 0. The van der Waals surface area contributed by atoms with Crippen molar-refractivity contribution in [1.82, 2.24) is 0 Å². The zero-order valence-electron chi connectivity index (χ0n) is 11.5. The first kappa shape index (κ1) is 22.1. The standard InChI is InChI=1S/C13H20.2CO2/c1-5-9-13(10-6-2,11-7-3)12-8-4;2*2-1-3/h1-2H,7-12H2,3-4H3;;. The first-order valence-corrected chi connectivity index (χ1v) is 5.93. The lowest BCUT2D eigenvalue weighted by molar-refractivity contribution is -0.193. The van der Waals surface area contributed by atoms with E-state index in [0.717, 1.165) is 25.7 Å². The van der Waals surface area contributed by atoms with Gasteiger partial charge in [0.2, 0.25) is 0 Å². The van der Waals surface area contributed by atoms with Gasteiger partial charge in [-0.3, -0.25) is 0 Å². The Bertz CT molecular complexity index is 309. The molecule has 0 radical (unpaired) electrons. The highest BCUT2D eigenvalue weighted by Gasteiger charge is 2.25. The van der Waals surface area contributed by atoms with Gasteiger partial charge in [0.1, 0.15) is 0 Å². The first-order chi connectivity index (χ1) is 9.07. The average molecular weight is 264 g/mol. The van der Waals surface area contributed by atoms with Crippen LogP contribution in [0, 0.1) is 30.1 Å². The Balaban J connectivity index is -0.000000360. The van der Waals surface area contributed by atoms with E-state index in [9.17, 15) is 0 Å². The SMILES string of the molecule is C#CCC(CC#C)(CCC)CCC.O=C=O.O=C=O. The van der Waals surface area contributed by atoms with Crippen molar-refractivity contribution in [3.8, 4) is 24.7 Å². The van der Waals surface area contributed by atoms with E-state index in [2.05, 4.69) is 25.7 Å². The summed E-state index contributed by atoms with van der Waals surface area (Å²) >= 11 is 0. The summed E-state index contributed by atoms with van der Waals surface area (Å²) in [5.74, 6) is 5.54. The molecule has 0 bridgehead atoms. The van der Waals surface area contributed by atoms with Crippen molar-refractivity contribution in [2.24, 2.45) is 5.41 Å². The Morgan fingerprint density at radius 2 is 1.05 bits per heavy atom. The van der Waals surface area contributed by atoms with E-state index in [4.69, 9.17) is 32.0 Å². The highest BCUT2D eigenvalue weighted by Crippen LogP contribution is 2.36. The quantitative estimate of drug-likeness (QED) is 0.691. The van der Waals surface area contributed by atoms with Gasteiger partial charge in [0.25, 0.3) is 0 Å². The van der Waals surface area contributed by atoms with Crippen molar-refractivity contribution in [3.63, 3.8) is 0 Å². The minimum Gasteiger partial charge on any atom is -0.186 e. The molecule has 4 nitrogen and oxygen atoms in total. The number of terminal acetylenes is 2. The summed E-state index contributed by atoms with van der Waals surface area (Å²) in [5, 5.41) is 0. The molecule has 104 valence electrons. The fourth-order valence-electron chi connectivity index (χ4n) is 2.03. The van der Waals surface area contributed by atoms with Gasteiger partial charge in [-0.25, -0.2) is 0 Å². The number of carbonyl (C=O) groups excluding carboxylic acids is 4.